The number of anilines is 1. The summed E-state index contributed by atoms with van der Waals surface area (Å²) in [6.07, 6.45) is 6.74. The predicted molar refractivity (Wildman–Crippen MR) is 114 cm³/mol. The number of hydrogen-bond donors (Lipinski definition) is 0. The van der Waals surface area contributed by atoms with Crippen molar-refractivity contribution < 1.29 is 4.79 Å². The number of hydrogen-bond acceptors (Lipinski definition) is 6. The monoisotopic (exact) mass is 398 g/mol. The zero-order valence-corrected chi connectivity index (χ0v) is 17.1. The van der Waals surface area contributed by atoms with Crippen molar-refractivity contribution in [1.82, 2.24) is 19.6 Å². The van der Waals surface area contributed by atoms with E-state index in [0.29, 0.717) is 12.8 Å². The van der Waals surface area contributed by atoms with Gasteiger partial charge in [0.25, 0.3) is 0 Å². The number of nitrogens with zero attached hydrogens (tertiary/aromatic N) is 6. The molecule has 150 valence electrons. The summed E-state index contributed by atoms with van der Waals surface area (Å²) in [4.78, 5) is 28.3. The molecule has 2 aliphatic heterocycles. The Balaban J connectivity index is 1.30. The van der Waals surface area contributed by atoms with Gasteiger partial charge in [0.1, 0.15) is 5.78 Å². The Kier molecular flexibility index (Phi) is 3.54. The number of rotatable bonds is 3. The molecule has 0 atom stereocenters. The largest absolute Gasteiger partial charge is 0.345 e. The van der Waals surface area contributed by atoms with Gasteiger partial charge in [0.05, 0.1) is 6.54 Å². The molecule has 0 unspecified atom stereocenters. The van der Waals surface area contributed by atoms with Gasteiger partial charge in [0.2, 0.25) is 0 Å². The van der Waals surface area contributed by atoms with Crippen LogP contribution in [0.5, 0.6) is 0 Å². The van der Waals surface area contributed by atoms with Gasteiger partial charge >= 0.3 is 0 Å². The quantitative estimate of drug-likeness (QED) is 0.677. The smallest absolute Gasteiger partial charge is 0.198 e. The molecule has 3 aromatic rings. The number of carbonyl (C=O) groups is 1. The van der Waals surface area contributed by atoms with Gasteiger partial charge < -0.3 is 4.90 Å². The van der Waals surface area contributed by atoms with Crippen molar-refractivity contribution in [3.63, 3.8) is 0 Å². The van der Waals surface area contributed by atoms with Gasteiger partial charge in [-0.1, -0.05) is 18.2 Å². The molecule has 0 N–H and O–H groups in total. The SMILES string of the molecule is CC1(C)C(=O)Cc2cc(Cc3nc4c(N5CC6=C(CN=C6)C5)nccn4n3)ccc21. The lowest BCUT2D eigenvalue weighted by molar-refractivity contribution is -0.121. The number of fused-ring (bicyclic) bond motifs is 2. The highest BCUT2D eigenvalue weighted by molar-refractivity contribution is 5.95. The third-order valence-corrected chi connectivity index (χ3v) is 6.56. The summed E-state index contributed by atoms with van der Waals surface area (Å²) in [5, 5.41) is 4.68. The van der Waals surface area contributed by atoms with E-state index in [1.54, 1.807) is 6.20 Å². The molecule has 0 fully saturated rings. The van der Waals surface area contributed by atoms with Crippen molar-refractivity contribution in [3.8, 4) is 0 Å². The van der Waals surface area contributed by atoms with Crippen LogP contribution in [0.4, 0.5) is 5.82 Å². The second-order valence-corrected chi connectivity index (χ2v) is 8.89. The van der Waals surface area contributed by atoms with Gasteiger partial charge in [0.15, 0.2) is 17.3 Å². The first-order valence-corrected chi connectivity index (χ1v) is 10.3. The first-order valence-electron chi connectivity index (χ1n) is 10.3. The summed E-state index contributed by atoms with van der Waals surface area (Å²) < 4.78 is 1.81. The molecule has 4 heterocycles. The molecule has 0 amide bonds. The molecule has 0 saturated heterocycles. The molecule has 2 aromatic heterocycles. The van der Waals surface area contributed by atoms with Crippen LogP contribution in [0.15, 0.2) is 46.7 Å². The van der Waals surface area contributed by atoms with Gasteiger partial charge in [-0.05, 0) is 41.7 Å². The second kappa shape index (κ2) is 6.08. The summed E-state index contributed by atoms with van der Waals surface area (Å²) in [7, 11) is 0. The highest BCUT2D eigenvalue weighted by Crippen LogP contribution is 2.36. The van der Waals surface area contributed by atoms with E-state index < -0.39 is 0 Å². The molecular weight excluding hydrogens is 376 g/mol. The molecule has 6 rings (SSSR count). The summed E-state index contributed by atoms with van der Waals surface area (Å²) in [5.41, 5.74) is 6.47. The third-order valence-electron chi connectivity index (χ3n) is 6.56. The molecule has 1 aromatic carbocycles. The van der Waals surface area contributed by atoms with Gasteiger partial charge in [0, 0.05) is 50.0 Å². The number of aliphatic imine (C=N–C) groups is 1. The van der Waals surface area contributed by atoms with Crippen LogP contribution in [0.3, 0.4) is 0 Å². The molecule has 30 heavy (non-hydrogen) atoms. The van der Waals surface area contributed by atoms with E-state index >= 15 is 0 Å². The standard InChI is InChI=1S/C23H22N6O/c1-23(2)18-4-3-14(7-15(18)9-19(23)30)8-20-26-22-21(25-5-6-29(22)27-20)28-12-16-10-24-11-17(16)13-28/h3-7,10H,8-9,11-13H2,1-2H3. The Labute approximate surface area is 174 Å². The highest BCUT2D eigenvalue weighted by atomic mass is 16.1. The fourth-order valence-electron chi connectivity index (χ4n) is 4.79. The lowest BCUT2D eigenvalue weighted by Gasteiger charge is -2.18. The van der Waals surface area contributed by atoms with E-state index in [9.17, 15) is 4.79 Å². The third kappa shape index (κ3) is 2.54. The minimum atomic E-state index is -0.384. The molecular formula is C23H22N6O. The summed E-state index contributed by atoms with van der Waals surface area (Å²) >= 11 is 0. The molecule has 0 spiro atoms. The van der Waals surface area contributed by atoms with Crippen LogP contribution >= 0.6 is 0 Å². The van der Waals surface area contributed by atoms with E-state index in [2.05, 4.69) is 38.2 Å². The summed E-state index contributed by atoms with van der Waals surface area (Å²) in [5.74, 6) is 1.90. The zero-order chi connectivity index (χ0) is 20.5. The minimum Gasteiger partial charge on any atom is -0.345 e. The second-order valence-electron chi connectivity index (χ2n) is 8.89. The van der Waals surface area contributed by atoms with Crippen LogP contribution in [0.1, 0.15) is 36.4 Å². The number of ketones is 1. The predicted octanol–water partition coefficient (Wildman–Crippen LogP) is 2.32. The van der Waals surface area contributed by atoms with Gasteiger partial charge in [-0.15, -0.1) is 0 Å². The van der Waals surface area contributed by atoms with E-state index in [-0.39, 0.29) is 11.2 Å². The van der Waals surface area contributed by atoms with Crippen LogP contribution in [-0.2, 0) is 23.1 Å². The molecule has 0 radical (unpaired) electrons. The molecule has 7 nitrogen and oxygen atoms in total. The Morgan fingerprint density at radius 2 is 2.10 bits per heavy atom. The van der Waals surface area contributed by atoms with E-state index in [4.69, 9.17) is 4.98 Å². The number of carbonyl (C=O) groups excluding carboxylic acids is 1. The normalized spacial score (nSPS) is 19.3. The van der Waals surface area contributed by atoms with Crippen molar-refractivity contribution in [2.24, 2.45) is 4.99 Å². The summed E-state index contributed by atoms with van der Waals surface area (Å²) in [6, 6.07) is 6.33. The van der Waals surface area contributed by atoms with Crippen LogP contribution in [0.2, 0.25) is 0 Å². The molecule has 7 heteroatoms. The maximum absolute atomic E-state index is 12.3. The molecule has 0 bridgehead atoms. The Hall–Kier alpha value is -3.35. The van der Waals surface area contributed by atoms with Crippen molar-refractivity contribution in [3.05, 3.63) is 64.3 Å². The van der Waals surface area contributed by atoms with E-state index in [1.807, 2.05) is 30.8 Å². The fourth-order valence-corrected chi connectivity index (χ4v) is 4.79. The highest BCUT2D eigenvalue weighted by Gasteiger charge is 2.37. The maximum Gasteiger partial charge on any atom is 0.198 e. The average molecular weight is 398 g/mol. The van der Waals surface area contributed by atoms with Gasteiger partial charge in [-0.3, -0.25) is 9.79 Å². The lowest BCUT2D eigenvalue weighted by Crippen LogP contribution is -2.23. The van der Waals surface area contributed by atoms with Crippen molar-refractivity contribution >= 4 is 23.5 Å². The number of benzene rings is 1. The Morgan fingerprint density at radius 3 is 2.97 bits per heavy atom. The van der Waals surface area contributed by atoms with E-state index in [0.717, 1.165) is 53.6 Å². The van der Waals surface area contributed by atoms with Crippen molar-refractivity contribution in [1.29, 1.82) is 0 Å². The lowest BCUT2D eigenvalue weighted by atomic mass is 9.85. The van der Waals surface area contributed by atoms with Crippen LogP contribution in [0.25, 0.3) is 5.65 Å². The van der Waals surface area contributed by atoms with Crippen LogP contribution in [0, 0.1) is 0 Å². The van der Waals surface area contributed by atoms with Gasteiger partial charge in [-0.2, -0.15) is 5.10 Å². The zero-order valence-electron chi connectivity index (χ0n) is 17.1. The average Bonchev–Trinajstić information content (AvgIpc) is 3.44. The number of Topliss-reactive ketones (excluding diaryl/α,β-unsaturated/α-hetero) is 1. The first kappa shape index (κ1) is 17.5. The van der Waals surface area contributed by atoms with Gasteiger partial charge in [-0.25, -0.2) is 14.5 Å². The summed E-state index contributed by atoms with van der Waals surface area (Å²) in [6.45, 7) is 6.48. The van der Waals surface area contributed by atoms with Crippen LogP contribution < -0.4 is 4.90 Å². The maximum atomic E-state index is 12.3. The Morgan fingerprint density at radius 1 is 1.20 bits per heavy atom. The Bertz CT molecular complexity index is 1280. The molecule has 0 saturated carbocycles. The molecule has 1 aliphatic carbocycles. The fraction of sp³-hybridized carbons (Fsp3) is 0.348. The van der Waals surface area contributed by atoms with Crippen molar-refractivity contribution in [2.75, 3.05) is 24.5 Å². The van der Waals surface area contributed by atoms with Crippen LogP contribution in [-0.4, -0.2) is 51.2 Å². The number of aromatic nitrogens is 4. The molecule has 3 aliphatic rings. The van der Waals surface area contributed by atoms with Crippen molar-refractivity contribution in [2.45, 2.75) is 32.1 Å². The van der Waals surface area contributed by atoms with E-state index in [1.165, 1.54) is 11.1 Å². The topological polar surface area (TPSA) is 75.8 Å². The minimum absolute atomic E-state index is 0.285. The first-order chi connectivity index (χ1) is 14.5.